The first-order valence-electron chi connectivity index (χ1n) is 16.7. The summed E-state index contributed by atoms with van der Waals surface area (Å²) < 4.78 is 27.4. The predicted molar refractivity (Wildman–Crippen MR) is 204 cm³/mol. The van der Waals surface area contributed by atoms with E-state index in [2.05, 4.69) is 93.9 Å². The van der Waals surface area contributed by atoms with Gasteiger partial charge in [0.2, 0.25) is 0 Å². The molecule has 1 atom stereocenters. The van der Waals surface area contributed by atoms with Crippen LogP contribution in [0.15, 0.2) is 105 Å². The van der Waals surface area contributed by atoms with Crippen LogP contribution in [-0.4, -0.2) is 19.0 Å². The number of rotatable bonds is 18. The molecule has 0 aliphatic carbocycles. The Labute approximate surface area is 282 Å². The van der Waals surface area contributed by atoms with E-state index in [4.69, 9.17) is 0 Å². The highest BCUT2D eigenvalue weighted by Crippen LogP contribution is 2.26. The van der Waals surface area contributed by atoms with Crippen LogP contribution < -0.4 is 0 Å². The molecule has 0 bridgehead atoms. The highest BCUT2D eigenvalue weighted by Gasteiger charge is 2.27. The van der Waals surface area contributed by atoms with Gasteiger partial charge in [-0.3, -0.25) is 0 Å². The van der Waals surface area contributed by atoms with Crippen molar-refractivity contribution < 1.29 is 8.42 Å². The third kappa shape index (κ3) is 20.9. The Kier molecular flexibility index (Phi) is 27.5. The van der Waals surface area contributed by atoms with Crippen LogP contribution in [0.3, 0.4) is 0 Å². The van der Waals surface area contributed by atoms with Crippen molar-refractivity contribution in [2.45, 2.75) is 144 Å². The van der Waals surface area contributed by atoms with E-state index < -0.39 is 15.1 Å². The van der Waals surface area contributed by atoms with Gasteiger partial charge in [-0.25, -0.2) is 8.42 Å². The molecule has 0 N–H and O–H groups in total. The molecule has 0 aromatic heterocycles. The molecule has 1 unspecified atom stereocenters. The van der Waals surface area contributed by atoms with Crippen LogP contribution in [0.4, 0.5) is 0 Å². The first-order valence-corrected chi connectivity index (χ1v) is 19.4. The van der Waals surface area contributed by atoms with Crippen molar-refractivity contribution in [3.8, 4) is 0 Å². The SMILES string of the molecule is CC.CC.CC(C)=CCC/C(C)=C/CC/C(C)=C/CC(/C(C)=C/CC/C(C)=C/CC/C(C)=C/CBr)S(=O)(=O)c1ccccc1. The molecule has 1 rings (SSSR count). The maximum atomic E-state index is 13.7. The van der Waals surface area contributed by atoms with E-state index in [0.717, 1.165) is 62.3 Å². The molecule has 0 radical (unpaired) electrons. The van der Waals surface area contributed by atoms with Crippen LogP contribution in [0.5, 0.6) is 0 Å². The second-order valence-electron chi connectivity index (χ2n) is 11.3. The number of hydrogen-bond acceptors (Lipinski definition) is 2. The largest absolute Gasteiger partial charge is 0.223 e. The second-order valence-corrected chi connectivity index (χ2v) is 14.1. The number of benzene rings is 1. The Bertz CT molecular complexity index is 1170. The summed E-state index contributed by atoms with van der Waals surface area (Å²) in [5.74, 6) is 0. The molecule has 0 spiro atoms. The van der Waals surface area contributed by atoms with Crippen molar-refractivity contribution in [3.63, 3.8) is 0 Å². The van der Waals surface area contributed by atoms with Crippen LogP contribution in [0.2, 0.25) is 0 Å². The van der Waals surface area contributed by atoms with Gasteiger partial charge in [0.05, 0.1) is 10.1 Å². The van der Waals surface area contributed by atoms with Gasteiger partial charge in [0.15, 0.2) is 9.84 Å². The van der Waals surface area contributed by atoms with Crippen LogP contribution in [0.25, 0.3) is 0 Å². The van der Waals surface area contributed by atoms with Crippen LogP contribution in [0.1, 0.15) is 134 Å². The maximum Gasteiger partial charge on any atom is 0.185 e. The third-order valence-electron chi connectivity index (χ3n) is 7.22. The molecular formula is C40H65BrO2S. The monoisotopic (exact) mass is 688 g/mol. The summed E-state index contributed by atoms with van der Waals surface area (Å²) in [4.78, 5) is 0.400. The fraction of sp³-hybridized carbons (Fsp3) is 0.550. The summed E-state index contributed by atoms with van der Waals surface area (Å²) >= 11 is 3.46. The van der Waals surface area contributed by atoms with E-state index in [9.17, 15) is 8.42 Å². The number of hydrogen-bond donors (Lipinski definition) is 0. The van der Waals surface area contributed by atoms with Crippen molar-refractivity contribution >= 4 is 25.8 Å². The number of alkyl halides is 1. The molecule has 44 heavy (non-hydrogen) atoms. The minimum absolute atomic E-state index is 0.400. The van der Waals surface area contributed by atoms with Gasteiger partial charge in [-0.15, -0.1) is 0 Å². The zero-order valence-electron chi connectivity index (χ0n) is 30.1. The lowest BCUT2D eigenvalue weighted by atomic mass is 10.0. The van der Waals surface area contributed by atoms with E-state index in [1.807, 2.05) is 40.7 Å². The minimum Gasteiger partial charge on any atom is -0.223 e. The Morgan fingerprint density at radius 1 is 0.614 bits per heavy atom. The van der Waals surface area contributed by atoms with E-state index in [-0.39, 0.29) is 0 Å². The summed E-state index contributed by atoms with van der Waals surface area (Å²) in [6.45, 7) is 22.9. The maximum absolute atomic E-state index is 13.7. The van der Waals surface area contributed by atoms with Gasteiger partial charge in [0.25, 0.3) is 0 Å². The molecular weight excluding hydrogens is 624 g/mol. The molecule has 1 aromatic carbocycles. The standard InChI is InChI=1S/C36H53BrO2S.2C2H6/c1-29(2)15-11-16-30(3)17-12-19-32(5)25-26-36(40(38,39)35-23-9-8-10-24-35)34(7)22-14-21-31(4)18-13-20-33(6)27-28-37;2*1-2/h8-10,15,17-18,22-25,27,36H,11-14,16,19-21,26,28H2,1-7H3;2*1-2H3/b30-17+,31-18+,32-25+,33-27+,34-22+;;. The Hall–Kier alpha value is -1.91. The Morgan fingerprint density at radius 3 is 1.48 bits per heavy atom. The summed E-state index contributed by atoms with van der Waals surface area (Å²) in [7, 11) is -3.48. The van der Waals surface area contributed by atoms with Gasteiger partial charge in [-0.1, -0.05) is 132 Å². The lowest BCUT2D eigenvalue weighted by Crippen LogP contribution is -2.22. The molecule has 0 aliphatic heterocycles. The molecule has 0 saturated carbocycles. The van der Waals surface area contributed by atoms with E-state index >= 15 is 0 Å². The highest BCUT2D eigenvalue weighted by molar-refractivity contribution is 9.09. The van der Waals surface area contributed by atoms with Gasteiger partial charge in [-0.2, -0.15) is 0 Å². The second kappa shape index (κ2) is 27.4. The predicted octanol–water partition coefficient (Wildman–Crippen LogP) is 13.5. The lowest BCUT2D eigenvalue weighted by molar-refractivity contribution is 0.585. The zero-order valence-corrected chi connectivity index (χ0v) is 32.5. The molecule has 250 valence electrons. The molecule has 1 aromatic rings. The van der Waals surface area contributed by atoms with Crippen LogP contribution in [-0.2, 0) is 9.84 Å². The first kappa shape index (κ1) is 44.2. The number of sulfone groups is 1. The summed E-state index contributed by atoms with van der Waals surface area (Å²) in [5.41, 5.74) is 7.73. The van der Waals surface area contributed by atoms with E-state index in [1.165, 1.54) is 27.9 Å². The van der Waals surface area contributed by atoms with Crippen molar-refractivity contribution in [1.82, 2.24) is 0 Å². The van der Waals surface area contributed by atoms with Gasteiger partial charge in [-0.05, 0) is 118 Å². The summed E-state index contributed by atoms with van der Waals surface area (Å²) in [6.07, 6.45) is 22.0. The quantitative estimate of drug-likeness (QED) is 0.114. The Morgan fingerprint density at radius 2 is 1.02 bits per heavy atom. The molecule has 0 heterocycles. The first-order chi connectivity index (χ1) is 21.0. The minimum atomic E-state index is -3.48. The van der Waals surface area contributed by atoms with Crippen molar-refractivity contribution in [3.05, 3.63) is 100 Å². The zero-order chi connectivity index (χ0) is 34.0. The smallest absolute Gasteiger partial charge is 0.185 e. The third-order valence-corrected chi connectivity index (χ3v) is 9.79. The van der Waals surface area contributed by atoms with Crippen LogP contribution in [0, 0.1) is 0 Å². The lowest BCUT2D eigenvalue weighted by Gasteiger charge is -2.18. The summed E-state index contributed by atoms with van der Waals surface area (Å²) in [5, 5.41) is 0.355. The fourth-order valence-electron chi connectivity index (χ4n) is 4.52. The molecule has 0 aliphatic rings. The molecule has 0 fully saturated rings. The molecule has 2 nitrogen and oxygen atoms in total. The van der Waals surface area contributed by atoms with Gasteiger partial charge in [0.1, 0.15) is 0 Å². The highest BCUT2D eigenvalue weighted by atomic mass is 79.9. The van der Waals surface area contributed by atoms with E-state index in [1.54, 1.807) is 24.3 Å². The normalized spacial score (nSPS) is 13.8. The molecule has 0 saturated heterocycles. The van der Waals surface area contributed by atoms with Gasteiger partial charge in [0, 0.05) is 5.33 Å². The average Bonchev–Trinajstić information content (AvgIpc) is 2.99. The fourth-order valence-corrected chi connectivity index (χ4v) is 6.87. The topological polar surface area (TPSA) is 34.1 Å². The van der Waals surface area contributed by atoms with Gasteiger partial charge < -0.3 is 0 Å². The molecule has 0 amide bonds. The van der Waals surface area contributed by atoms with Crippen molar-refractivity contribution in [2.24, 2.45) is 0 Å². The van der Waals surface area contributed by atoms with Crippen molar-refractivity contribution in [2.75, 3.05) is 5.33 Å². The average molecular weight is 690 g/mol. The van der Waals surface area contributed by atoms with Gasteiger partial charge >= 0.3 is 0 Å². The summed E-state index contributed by atoms with van der Waals surface area (Å²) in [6, 6.07) is 8.91. The number of allylic oxidation sites excluding steroid dienone is 11. The van der Waals surface area contributed by atoms with Crippen LogP contribution >= 0.6 is 15.9 Å². The molecule has 4 heteroatoms. The number of halogens is 1. The Balaban J connectivity index is 0. The van der Waals surface area contributed by atoms with E-state index in [0.29, 0.717) is 11.3 Å². The van der Waals surface area contributed by atoms with Crippen molar-refractivity contribution in [1.29, 1.82) is 0 Å².